The largest absolute Gasteiger partial charge is 0.338 e. The number of piperidine rings is 2. The zero-order valence-corrected chi connectivity index (χ0v) is 15.8. The Morgan fingerprint density at radius 1 is 1.19 bits per heavy atom. The molecular weight excluding hydrogens is 322 g/mol. The first-order valence-electron chi connectivity index (χ1n) is 10.3. The Labute approximate surface area is 157 Å². The molecule has 0 saturated carbocycles. The molecule has 1 aromatic heterocycles. The van der Waals surface area contributed by atoms with E-state index < -0.39 is 0 Å². The Balaban J connectivity index is 1.32. The van der Waals surface area contributed by atoms with Crippen molar-refractivity contribution >= 4 is 5.91 Å². The van der Waals surface area contributed by atoms with Crippen LogP contribution in [0.1, 0.15) is 50.5 Å². The molecule has 4 nitrogen and oxygen atoms in total. The molecule has 1 amide bonds. The van der Waals surface area contributed by atoms with Gasteiger partial charge in [0, 0.05) is 38.4 Å². The van der Waals surface area contributed by atoms with Gasteiger partial charge in [-0.25, -0.2) is 0 Å². The molecule has 4 heteroatoms. The molecule has 0 N–H and O–H groups in total. The highest BCUT2D eigenvalue weighted by Crippen LogP contribution is 2.41. The van der Waals surface area contributed by atoms with Gasteiger partial charge in [-0.15, -0.1) is 0 Å². The SMILES string of the molecule is O=C1CCC2(CCN(C[C@@H]3CC=CCC3)CC2)CN1Cc1cccnc1. The van der Waals surface area contributed by atoms with Crippen LogP contribution in [0.3, 0.4) is 0 Å². The number of hydrogen-bond donors (Lipinski definition) is 0. The minimum absolute atomic E-state index is 0.316. The third-order valence-corrected chi connectivity index (χ3v) is 6.66. The Bertz CT molecular complexity index is 634. The third kappa shape index (κ3) is 4.17. The fourth-order valence-electron chi connectivity index (χ4n) is 4.96. The molecule has 0 bridgehead atoms. The molecule has 3 aliphatic rings. The van der Waals surface area contributed by atoms with Crippen LogP contribution in [-0.4, -0.2) is 46.9 Å². The predicted molar refractivity (Wildman–Crippen MR) is 103 cm³/mol. The van der Waals surface area contributed by atoms with Gasteiger partial charge in [-0.05, 0) is 74.6 Å². The Hall–Kier alpha value is -1.68. The number of amides is 1. The van der Waals surface area contributed by atoms with E-state index in [0.717, 1.165) is 24.4 Å². The molecule has 0 unspecified atom stereocenters. The summed E-state index contributed by atoms with van der Waals surface area (Å²) in [5.74, 6) is 1.17. The predicted octanol–water partition coefficient (Wildman–Crippen LogP) is 3.64. The Kier molecular flexibility index (Phi) is 5.39. The van der Waals surface area contributed by atoms with Crippen LogP contribution in [0.25, 0.3) is 0 Å². The van der Waals surface area contributed by atoms with Crippen molar-refractivity contribution in [1.29, 1.82) is 0 Å². The van der Waals surface area contributed by atoms with E-state index in [2.05, 4.69) is 33.0 Å². The highest BCUT2D eigenvalue weighted by molar-refractivity contribution is 5.77. The average molecular weight is 354 g/mol. The van der Waals surface area contributed by atoms with Gasteiger partial charge in [-0.2, -0.15) is 0 Å². The van der Waals surface area contributed by atoms with Crippen molar-refractivity contribution in [2.45, 2.75) is 51.5 Å². The van der Waals surface area contributed by atoms with Gasteiger partial charge in [0.05, 0.1) is 0 Å². The first-order valence-corrected chi connectivity index (χ1v) is 10.3. The van der Waals surface area contributed by atoms with E-state index in [1.807, 2.05) is 12.3 Å². The van der Waals surface area contributed by atoms with E-state index in [1.165, 1.54) is 51.7 Å². The molecule has 4 rings (SSSR count). The van der Waals surface area contributed by atoms with Crippen LogP contribution in [0.15, 0.2) is 36.7 Å². The van der Waals surface area contributed by atoms with E-state index in [4.69, 9.17) is 0 Å². The normalized spacial score (nSPS) is 26.4. The lowest BCUT2D eigenvalue weighted by Gasteiger charge is -2.48. The molecule has 1 atom stereocenters. The van der Waals surface area contributed by atoms with Crippen LogP contribution in [0.5, 0.6) is 0 Å². The first-order chi connectivity index (χ1) is 12.7. The maximum Gasteiger partial charge on any atom is 0.222 e. The van der Waals surface area contributed by atoms with Crippen molar-refractivity contribution in [2.75, 3.05) is 26.2 Å². The lowest BCUT2D eigenvalue weighted by molar-refractivity contribution is -0.140. The molecule has 1 spiro atoms. The monoisotopic (exact) mass is 353 g/mol. The second-order valence-corrected chi connectivity index (χ2v) is 8.56. The van der Waals surface area contributed by atoms with Crippen molar-refractivity contribution in [3.63, 3.8) is 0 Å². The summed E-state index contributed by atoms with van der Waals surface area (Å²) in [7, 11) is 0. The maximum atomic E-state index is 12.4. The van der Waals surface area contributed by atoms with Gasteiger partial charge < -0.3 is 9.80 Å². The number of allylic oxidation sites excluding steroid dienone is 2. The quantitative estimate of drug-likeness (QED) is 0.776. The van der Waals surface area contributed by atoms with Crippen LogP contribution in [-0.2, 0) is 11.3 Å². The van der Waals surface area contributed by atoms with Gasteiger partial charge >= 0.3 is 0 Å². The van der Waals surface area contributed by atoms with E-state index in [1.54, 1.807) is 6.20 Å². The van der Waals surface area contributed by atoms with E-state index in [9.17, 15) is 4.79 Å². The molecule has 2 aliphatic heterocycles. The number of likely N-dealkylation sites (tertiary alicyclic amines) is 2. The second-order valence-electron chi connectivity index (χ2n) is 8.56. The number of rotatable bonds is 4. The zero-order valence-electron chi connectivity index (χ0n) is 15.8. The summed E-state index contributed by atoms with van der Waals surface area (Å²) in [6, 6.07) is 4.03. The highest BCUT2D eigenvalue weighted by Gasteiger charge is 2.41. The number of nitrogens with zero attached hydrogens (tertiary/aromatic N) is 3. The van der Waals surface area contributed by atoms with E-state index in [-0.39, 0.29) is 0 Å². The molecular formula is C22H31N3O. The van der Waals surface area contributed by atoms with Crippen LogP contribution < -0.4 is 0 Å². The van der Waals surface area contributed by atoms with Gasteiger partial charge in [-0.3, -0.25) is 9.78 Å². The molecule has 0 radical (unpaired) electrons. The molecule has 3 heterocycles. The van der Waals surface area contributed by atoms with E-state index in [0.29, 0.717) is 24.3 Å². The van der Waals surface area contributed by atoms with Gasteiger partial charge in [0.15, 0.2) is 0 Å². The smallest absolute Gasteiger partial charge is 0.222 e. The Morgan fingerprint density at radius 2 is 2.08 bits per heavy atom. The Morgan fingerprint density at radius 3 is 2.81 bits per heavy atom. The van der Waals surface area contributed by atoms with Crippen LogP contribution in [0.2, 0.25) is 0 Å². The lowest BCUT2D eigenvalue weighted by atomic mass is 9.72. The summed E-state index contributed by atoms with van der Waals surface area (Å²) in [5, 5.41) is 0. The fraction of sp³-hybridized carbons (Fsp3) is 0.636. The summed E-state index contributed by atoms with van der Waals surface area (Å²) in [6.07, 6.45) is 16.5. The minimum Gasteiger partial charge on any atom is -0.338 e. The third-order valence-electron chi connectivity index (χ3n) is 6.66. The summed E-state index contributed by atoms with van der Waals surface area (Å²) in [4.78, 5) is 21.4. The standard InChI is InChI=1S/C22H31N3O/c26-21-8-9-22(18-25(21)17-20-7-4-12-23-15-20)10-13-24(14-11-22)16-19-5-2-1-3-6-19/h1-2,4,7,12,15,19H,3,5-6,8-11,13-14,16-18H2/t19-/m1/s1. The number of aromatic nitrogens is 1. The van der Waals surface area contributed by atoms with Crippen molar-refractivity contribution in [3.05, 3.63) is 42.2 Å². The minimum atomic E-state index is 0.316. The second kappa shape index (κ2) is 7.91. The summed E-state index contributed by atoms with van der Waals surface area (Å²) in [5.41, 5.74) is 1.49. The van der Waals surface area contributed by atoms with Crippen molar-refractivity contribution in [3.8, 4) is 0 Å². The van der Waals surface area contributed by atoms with Crippen LogP contribution in [0.4, 0.5) is 0 Å². The number of carbonyl (C=O) groups is 1. The lowest BCUT2D eigenvalue weighted by Crippen LogP contribution is -2.51. The number of carbonyl (C=O) groups excluding carboxylic acids is 1. The topological polar surface area (TPSA) is 36.4 Å². The summed E-state index contributed by atoms with van der Waals surface area (Å²) in [6.45, 7) is 5.32. The molecule has 2 fully saturated rings. The van der Waals surface area contributed by atoms with Crippen molar-refractivity contribution < 1.29 is 4.79 Å². The van der Waals surface area contributed by atoms with Crippen LogP contribution >= 0.6 is 0 Å². The molecule has 1 aliphatic carbocycles. The maximum absolute atomic E-state index is 12.4. The number of hydrogen-bond acceptors (Lipinski definition) is 3. The average Bonchev–Trinajstić information content (AvgIpc) is 2.69. The van der Waals surface area contributed by atoms with Gasteiger partial charge in [0.1, 0.15) is 0 Å². The summed E-state index contributed by atoms with van der Waals surface area (Å²) < 4.78 is 0. The van der Waals surface area contributed by atoms with Gasteiger partial charge in [0.2, 0.25) is 5.91 Å². The van der Waals surface area contributed by atoms with Crippen LogP contribution in [0, 0.1) is 11.3 Å². The highest BCUT2D eigenvalue weighted by atomic mass is 16.2. The van der Waals surface area contributed by atoms with Crippen molar-refractivity contribution in [1.82, 2.24) is 14.8 Å². The molecule has 2 saturated heterocycles. The van der Waals surface area contributed by atoms with E-state index >= 15 is 0 Å². The van der Waals surface area contributed by atoms with Gasteiger partial charge in [-0.1, -0.05) is 18.2 Å². The molecule has 0 aromatic carbocycles. The molecule has 1 aromatic rings. The van der Waals surface area contributed by atoms with Crippen molar-refractivity contribution in [2.24, 2.45) is 11.3 Å². The first kappa shape index (κ1) is 17.7. The fourth-order valence-corrected chi connectivity index (χ4v) is 4.96. The molecule has 26 heavy (non-hydrogen) atoms. The number of pyridine rings is 1. The summed E-state index contributed by atoms with van der Waals surface area (Å²) >= 11 is 0. The zero-order chi connectivity index (χ0) is 17.8. The molecule has 140 valence electrons. The van der Waals surface area contributed by atoms with Gasteiger partial charge in [0.25, 0.3) is 0 Å².